The molecule has 1 aromatic heterocycles. The number of nitrogens with zero attached hydrogens (tertiary/aromatic N) is 2. The number of nitrogens with one attached hydrogen (secondary N) is 1. The fourth-order valence-corrected chi connectivity index (χ4v) is 3.02. The van der Waals surface area contributed by atoms with Crippen molar-refractivity contribution in [1.29, 1.82) is 0 Å². The van der Waals surface area contributed by atoms with Crippen molar-refractivity contribution in [2.45, 2.75) is 44.7 Å². The van der Waals surface area contributed by atoms with E-state index < -0.39 is 47.3 Å². The number of hydrogen-bond donors (Lipinski definition) is 1. The number of carbonyl (C=O) groups excluding carboxylic acids is 1. The number of halogens is 9. The summed E-state index contributed by atoms with van der Waals surface area (Å²) in [4.78, 5) is 18.7. The van der Waals surface area contributed by atoms with Gasteiger partial charge in [-0.2, -0.15) is 39.5 Å². The summed E-state index contributed by atoms with van der Waals surface area (Å²) in [5.41, 5.74) is -4.39. The van der Waals surface area contributed by atoms with Crippen molar-refractivity contribution in [3.05, 3.63) is 53.1 Å². The highest BCUT2D eigenvalue weighted by molar-refractivity contribution is 6.03. The van der Waals surface area contributed by atoms with E-state index in [0.717, 1.165) is 18.3 Å². The maximum absolute atomic E-state index is 13.2. The number of hydrogen-bond acceptors (Lipinski definition) is 3. The predicted octanol–water partition coefficient (Wildman–Crippen LogP) is 6.15. The van der Waals surface area contributed by atoms with E-state index in [2.05, 4.69) is 9.97 Å². The zero-order chi connectivity index (χ0) is 24.5. The fraction of sp³-hybridized carbons (Fsp3) is 0.421. The van der Waals surface area contributed by atoms with Gasteiger partial charge < -0.3 is 5.32 Å². The van der Waals surface area contributed by atoms with Crippen molar-refractivity contribution in [3.63, 3.8) is 0 Å². The highest BCUT2D eigenvalue weighted by Gasteiger charge is 2.58. The first-order valence-corrected chi connectivity index (χ1v) is 8.97. The van der Waals surface area contributed by atoms with Crippen LogP contribution in [0.3, 0.4) is 0 Å². The molecule has 1 amide bonds. The monoisotopic (exact) mass is 473 g/mol. The Bertz CT molecular complexity index is 952. The lowest BCUT2D eigenvalue weighted by molar-refractivity contribution is -0.253. The van der Waals surface area contributed by atoms with Gasteiger partial charge in [0.1, 0.15) is 0 Å². The van der Waals surface area contributed by atoms with Gasteiger partial charge in [0.25, 0.3) is 5.91 Å². The van der Waals surface area contributed by atoms with E-state index in [0.29, 0.717) is 12.3 Å². The molecular formula is C19H16F9N3O. The second kappa shape index (κ2) is 8.94. The molecule has 0 saturated carbocycles. The Kier molecular flexibility index (Phi) is 7.10. The van der Waals surface area contributed by atoms with Crippen LogP contribution in [-0.4, -0.2) is 28.2 Å². The largest absolute Gasteiger partial charge is 0.435 e. The Hall–Kier alpha value is -2.86. The summed E-state index contributed by atoms with van der Waals surface area (Å²) in [6.07, 6.45) is -14.9. The fourth-order valence-electron chi connectivity index (χ4n) is 3.02. The summed E-state index contributed by atoms with van der Waals surface area (Å²) < 4.78 is 118. The van der Waals surface area contributed by atoms with Crippen LogP contribution in [0.1, 0.15) is 47.1 Å². The van der Waals surface area contributed by atoms with Gasteiger partial charge >= 0.3 is 18.5 Å². The van der Waals surface area contributed by atoms with E-state index in [1.54, 1.807) is 13.8 Å². The standard InChI is InChI=1S/C19H16F9N3O/c1-9(2)7-10-8-11(3-4-12(10)14(17(20,21)22)18(23,24)25)31-16(32)13-15(19(26,27)28)30-6-5-29-13/h3-6,8-9,14H,7H2,1-2H3,(H,31,32). The van der Waals surface area contributed by atoms with Gasteiger partial charge in [-0.3, -0.25) is 4.79 Å². The van der Waals surface area contributed by atoms with E-state index in [9.17, 15) is 44.3 Å². The summed E-state index contributed by atoms with van der Waals surface area (Å²) in [7, 11) is 0. The van der Waals surface area contributed by atoms with E-state index in [1.165, 1.54) is 0 Å². The van der Waals surface area contributed by atoms with Gasteiger partial charge in [-0.1, -0.05) is 19.9 Å². The smallest absolute Gasteiger partial charge is 0.321 e. The second-order valence-corrected chi connectivity index (χ2v) is 7.23. The molecule has 0 aliphatic rings. The third-order valence-electron chi connectivity index (χ3n) is 4.18. The molecule has 0 saturated heterocycles. The molecular weight excluding hydrogens is 457 g/mol. The number of rotatable bonds is 5. The molecule has 1 N–H and O–H groups in total. The molecule has 0 spiro atoms. The highest BCUT2D eigenvalue weighted by Crippen LogP contribution is 2.48. The highest BCUT2D eigenvalue weighted by atomic mass is 19.4. The number of aromatic nitrogens is 2. The summed E-state index contributed by atoms with van der Waals surface area (Å²) in [6, 6.07) is 2.19. The van der Waals surface area contributed by atoms with Crippen LogP contribution in [-0.2, 0) is 12.6 Å². The summed E-state index contributed by atoms with van der Waals surface area (Å²) >= 11 is 0. The molecule has 0 atom stereocenters. The van der Waals surface area contributed by atoms with Crippen molar-refractivity contribution >= 4 is 11.6 Å². The molecule has 0 aliphatic heterocycles. The minimum Gasteiger partial charge on any atom is -0.321 e. The lowest BCUT2D eigenvalue weighted by Crippen LogP contribution is -2.35. The van der Waals surface area contributed by atoms with Crippen LogP contribution in [0.15, 0.2) is 30.6 Å². The first kappa shape index (κ1) is 25.4. The van der Waals surface area contributed by atoms with Crippen LogP contribution < -0.4 is 5.32 Å². The molecule has 2 rings (SSSR count). The lowest BCUT2D eigenvalue weighted by atomic mass is 9.88. The van der Waals surface area contributed by atoms with Gasteiger partial charge in [-0.15, -0.1) is 0 Å². The topological polar surface area (TPSA) is 54.9 Å². The summed E-state index contributed by atoms with van der Waals surface area (Å²) in [5.74, 6) is -5.50. The van der Waals surface area contributed by atoms with E-state index >= 15 is 0 Å². The van der Waals surface area contributed by atoms with Crippen molar-refractivity contribution in [1.82, 2.24) is 9.97 Å². The van der Waals surface area contributed by atoms with Gasteiger partial charge in [-0.05, 0) is 35.6 Å². The molecule has 0 fully saturated rings. The van der Waals surface area contributed by atoms with Crippen LogP contribution in [0.2, 0.25) is 0 Å². The Morgan fingerprint density at radius 1 is 0.938 bits per heavy atom. The maximum Gasteiger partial charge on any atom is 0.435 e. The quantitative estimate of drug-likeness (QED) is 0.530. The van der Waals surface area contributed by atoms with Crippen molar-refractivity contribution in [3.8, 4) is 0 Å². The molecule has 0 radical (unpaired) electrons. The summed E-state index contributed by atoms with van der Waals surface area (Å²) in [5, 5.41) is 2.02. The Labute approximate surface area is 175 Å². The number of carbonyl (C=O) groups is 1. The third kappa shape index (κ3) is 6.10. The zero-order valence-electron chi connectivity index (χ0n) is 16.5. The van der Waals surface area contributed by atoms with E-state index in [1.807, 2.05) is 5.32 Å². The summed E-state index contributed by atoms with van der Waals surface area (Å²) in [6.45, 7) is 3.11. The first-order chi connectivity index (χ1) is 14.5. The molecule has 0 bridgehead atoms. The first-order valence-electron chi connectivity index (χ1n) is 8.97. The normalized spacial score (nSPS) is 13.0. The van der Waals surface area contributed by atoms with Crippen LogP contribution in [0.25, 0.3) is 0 Å². The molecule has 13 heteroatoms. The van der Waals surface area contributed by atoms with Gasteiger partial charge in [0.05, 0.1) is 0 Å². The molecule has 0 aliphatic carbocycles. The Morgan fingerprint density at radius 2 is 1.50 bits per heavy atom. The van der Waals surface area contributed by atoms with Crippen LogP contribution >= 0.6 is 0 Å². The van der Waals surface area contributed by atoms with Gasteiger partial charge in [-0.25, -0.2) is 9.97 Å². The number of anilines is 1. The average Bonchev–Trinajstić information content (AvgIpc) is 2.60. The minimum absolute atomic E-state index is 0.208. The van der Waals surface area contributed by atoms with E-state index in [-0.39, 0.29) is 23.6 Å². The molecule has 176 valence electrons. The second-order valence-electron chi connectivity index (χ2n) is 7.23. The van der Waals surface area contributed by atoms with Crippen molar-refractivity contribution in [2.24, 2.45) is 5.92 Å². The molecule has 32 heavy (non-hydrogen) atoms. The van der Waals surface area contributed by atoms with Gasteiger partial charge in [0, 0.05) is 18.1 Å². The average molecular weight is 473 g/mol. The Balaban J connectivity index is 2.49. The number of alkyl halides is 9. The van der Waals surface area contributed by atoms with Gasteiger partial charge in [0.2, 0.25) is 0 Å². The van der Waals surface area contributed by atoms with Crippen LogP contribution in [0, 0.1) is 5.92 Å². The van der Waals surface area contributed by atoms with Crippen molar-refractivity contribution in [2.75, 3.05) is 5.32 Å². The van der Waals surface area contributed by atoms with Gasteiger partial charge in [0.15, 0.2) is 17.3 Å². The minimum atomic E-state index is -5.63. The number of amides is 1. The third-order valence-corrected chi connectivity index (χ3v) is 4.18. The maximum atomic E-state index is 13.2. The molecule has 2 aromatic rings. The lowest BCUT2D eigenvalue weighted by Gasteiger charge is -2.26. The number of benzene rings is 1. The van der Waals surface area contributed by atoms with Crippen LogP contribution in [0.5, 0.6) is 0 Å². The zero-order valence-corrected chi connectivity index (χ0v) is 16.5. The van der Waals surface area contributed by atoms with E-state index in [4.69, 9.17) is 0 Å². The molecule has 0 unspecified atom stereocenters. The predicted molar refractivity (Wildman–Crippen MR) is 94.8 cm³/mol. The molecule has 4 nitrogen and oxygen atoms in total. The van der Waals surface area contributed by atoms with Crippen LogP contribution in [0.4, 0.5) is 45.2 Å². The molecule has 1 aromatic carbocycles. The molecule has 1 heterocycles. The Morgan fingerprint density at radius 3 is 2.00 bits per heavy atom. The van der Waals surface area contributed by atoms with Crippen molar-refractivity contribution < 1.29 is 44.3 Å². The SMILES string of the molecule is CC(C)Cc1cc(NC(=O)c2nccnc2C(F)(F)F)ccc1C(C(F)(F)F)C(F)(F)F.